The Labute approximate surface area is 903 Å². The van der Waals surface area contributed by atoms with Crippen LogP contribution in [-0.4, -0.2) is 305 Å². The van der Waals surface area contributed by atoms with Crippen molar-refractivity contribution in [2.24, 2.45) is 0 Å². The first-order valence-corrected chi connectivity index (χ1v) is 48.2. The summed E-state index contributed by atoms with van der Waals surface area (Å²) in [6.07, 6.45) is 8.07. The molecule has 0 amide bonds. The first-order valence-electron chi connectivity index (χ1n) is 47.4. The molecule has 8 aromatic carbocycles. The third-order valence-electron chi connectivity index (χ3n) is 28.2. The van der Waals surface area contributed by atoms with Crippen molar-refractivity contribution in [1.82, 2.24) is 0 Å². The quantitative estimate of drug-likeness (QED) is 0.0172. The number of carbonyl (C=O) groups is 4. The molecule has 12 rings (SSSR count). The molecule has 34 nitrogen and oxygen atoms in total. The Morgan fingerprint density at radius 3 is 0.757 bits per heavy atom. The Kier molecular flexibility index (Phi) is 46.8. The zero-order valence-corrected chi connectivity index (χ0v) is 93.9. The van der Waals surface area contributed by atoms with Crippen LogP contribution in [0, 0.1) is 0 Å². The topological polar surface area (TPSA) is 308 Å². The molecular weight excluding hydrogens is 2050 g/mol. The maximum absolute atomic E-state index is 13.2. The number of halogens is 6. The molecule has 0 saturated carbocycles. The molecule has 0 aromatic heterocycles. The summed E-state index contributed by atoms with van der Waals surface area (Å²) in [6.45, 7) is 5.86. The number of hydrogen-bond donors (Lipinski definition) is 0. The van der Waals surface area contributed by atoms with Gasteiger partial charge < -0.3 is 191 Å². The first-order chi connectivity index (χ1) is 69.3. The number of fused-ring (bicyclic) bond motifs is 4. The highest BCUT2D eigenvalue weighted by Crippen LogP contribution is 2.56. The highest BCUT2D eigenvalue weighted by Gasteiger charge is 2.48. The van der Waals surface area contributed by atoms with E-state index in [1.807, 2.05) is 84.9 Å². The number of benzene rings is 8. The van der Waals surface area contributed by atoms with Gasteiger partial charge in [0.25, 0.3) is 0 Å². The van der Waals surface area contributed by atoms with Crippen LogP contribution in [0.3, 0.4) is 0 Å². The van der Waals surface area contributed by atoms with Crippen molar-refractivity contribution in [3.05, 3.63) is 174 Å². The summed E-state index contributed by atoms with van der Waals surface area (Å²) in [5, 5.41) is -0.756. The van der Waals surface area contributed by atoms with E-state index in [1.165, 1.54) is 0 Å². The minimum Gasteiger partial charge on any atom is -1.00 e. The minimum atomic E-state index is -0.821. The molecule has 40 heteroatoms. The standard InChI is InChI=1S/2C54H71ClN2O15.4ClH/c1-56(20-17-35-28-46(66-9)52(69-12)53(70-13)48(35)39(56)24-33-25-42(62-5)50(67-10)43(26-33)63-6)18-14-23-72-54(59)38(55)32-47(58)71-22-15-19-57(2)21-16-34-27-40(60-3)41(61-4)31-37(34)49(57)36-29-44(64-7)51(68-11)45(30-36)65-8;1-56(20-17-35-28-46(66-9)52(69-12)53(70-13)48(35)39(56)24-33-25-42(62-5)50(67-10)43(26-33)63-6)18-14-22-71-47(58)32-38(55)54(59)72-23-15-19-57(2)21-16-34-27-40(60-3)41(61-4)31-37(34)49(57)36-29-44(64-7)51(68-11)45(30-36)65-8;;;;/h2*25-32,39,49H,14-24H2,1-13H3;4*1H/q2*+2;;;;/p-4/b2*38-32-;;;;/t2*39-,49+,56-,57+;;;;/m11..../s1. The Balaban J connectivity index is 0.000000390. The van der Waals surface area contributed by atoms with Crippen molar-refractivity contribution in [2.75, 3.05) is 263 Å². The molecule has 8 aromatic rings. The van der Waals surface area contributed by atoms with Crippen LogP contribution in [0.25, 0.3) is 0 Å². The van der Waals surface area contributed by atoms with Crippen LogP contribution in [0.5, 0.6) is 126 Å². The second kappa shape index (κ2) is 56.2. The first kappa shape index (κ1) is 123. The number of hydrogen-bond acceptors (Lipinski definition) is 30. The van der Waals surface area contributed by atoms with E-state index < -0.39 is 23.9 Å². The summed E-state index contributed by atoms with van der Waals surface area (Å²) in [6, 6.07) is 27.2. The number of rotatable bonds is 48. The summed E-state index contributed by atoms with van der Waals surface area (Å²) in [5.41, 5.74) is 12.4. The highest BCUT2D eigenvalue weighted by molar-refractivity contribution is 6.42. The second-order valence-corrected chi connectivity index (χ2v) is 37.0. The van der Waals surface area contributed by atoms with Gasteiger partial charge in [-0.05, 0) is 118 Å². The molecule has 4 aliphatic heterocycles. The second-order valence-electron chi connectivity index (χ2n) is 36.2. The molecule has 0 spiro atoms. The van der Waals surface area contributed by atoms with Crippen LogP contribution >= 0.6 is 23.2 Å². The molecule has 0 unspecified atom stereocenters. The van der Waals surface area contributed by atoms with E-state index in [9.17, 15) is 19.2 Å². The Bertz CT molecular complexity index is 5830. The summed E-state index contributed by atoms with van der Waals surface area (Å²) in [5.74, 6) is 9.07. The van der Waals surface area contributed by atoms with Crippen molar-refractivity contribution in [2.45, 2.75) is 88.4 Å². The molecule has 0 aliphatic carbocycles. The van der Waals surface area contributed by atoms with Crippen molar-refractivity contribution in [3.63, 3.8) is 0 Å². The van der Waals surface area contributed by atoms with E-state index in [2.05, 4.69) is 28.2 Å². The van der Waals surface area contributed by atoms with Gasteiger partial charge in [0.05, 0.1) is 275 Å². The van der Waals surface area contributed by atoms with E-state index in [0.717, 1.165) is 131 Å². The fourth-order valence-corrected chi connectivity index (χ4v) is 21.2. The predicted octanol–water partition coefficient (Wildman–Crippen LogP) is 3.71. The largest absolute Gasteiger partial charge is 1.00 e. The number of nitrogens with zero attached hydrogens (tertiary/aromatic N) is 4. The summed E-state index contributed by atoms with van der Waals surface area (Å²) in [7, 11) is 43.9. The number of methoxy groups -OCH3 is 22. The Morgan fingerprint density at radius 1 is 0.270 bits per heavy atom. The lowest BCUT2D eigenvalue weighted by atomic mass is 9.85. The molecule has 0 fully saturated rings. The van der Waals surface area contributed by atoms with Crippen LogP contribution in [0.1, 0.15) is 117 Å². The SMILES string of the molecule is COc1cc2c(cc1OC)[C@H](c1cc(OC)c(OC)c(OC)c1)[N@@+](C)(CCCOC(=O)/C(Cl)=C/C(=O)OCCC[N@+]1(C)CCc3cc(OC)c(OC)c(OC)c3[C@H]1Cc1cc(OC)c(OC)c(OC)c1)CC2.COc1cc2c(cc1OC)[C@H](c1cc(OC)c(OC)c(OC)c1)[N@@+](C)(CCCOC(=O)/C=C(\Cl)C(=O)OCCC[N@+]1(C)CCc3cc(OC)c(OC)c(OC)c3[C@H]1Cc1cc(OC)c(OC)c(OC)c1)CC2.[Cl-].[Cl-].[Cl-].[Cl-]. The third kappa shape index (κ3) is 27.2. The van der Waals surface area contributed by atoms with Gasteiger partial charge in [-0.1, -0.05) is 23.2 Å². The van der Waals surface area contributed by atoms with Crippen LogP contribution < -0.4 is 154 Å². The van der Waals surface area contributed by atoms with E-state index in [4.69, 9.17) is 146 Å². The van der Waals surface area contributed by atoms with Crippen molar-refractivity contribution < 1.29 is 210 Å². The van der Waals surface area contributed by atoms with E-state index >= 15 is 0 Å². The van der Waals surface area contributed by atoms with Crippen molar-refractivity contribution in [3.8, 4) is 126 Å². The maximum Gasteiger partial charge on any atom is 0.350 e. The fourth-order valence-electron chi connectivity index (χ4n) is 20.9. The predicted molar refractivity (Wildman–Crippen MR) is 541 cm³/mol. The maximum atomic E-state index is 13.2. The molecular formula is C108H142Cl6N4O30. The molecule has 816 valence electrons. The zero-order chi connectivity index (χ0) is 105. The molecule has 0 saturated heterocycles. The van der Waals surface area contributed by atoms with Crippen molar-refractivity contribution in [1.29, 1.82) is 0 Å². The summed E-state index contributed by atoms with van der Waals surface area (Å²) in [4.78, 5) is 52.5. The van der Waals surface area contributed by atoms with E-state index in [0.29, 0.717) is 209 Å². The lowest BCUT2D eigenvalue weighted by Crippen LogP contribution is -3.00. The van der Waals surface area contributed by atoms with Gasteiger partial charge in [-0.3, -0.25) is 0 Å². The van der Waals surface area contributed by atoms with Gasteiger partial charge in [-0.25, -0.2) is 19.2 Å². The molecule has 4 heterocycles. The van der Waals surface area contributed by atoms with Gasteiger partial charge >= 0.3 is 23.9 Å². The number of carbonyl (C=O) groups excluding carboxylic acids is 4. The van der Waals surface area contributed by atoms with Gasteiger partial charge in [0.1, 0.15) is 34.2 Å². The molecule has 0 N–H and O–H groups in total. The molecule has 148 heavy (non-hydrogen) atoms. The normalized spacial score (nSPS) is 18.6. The zero-order valence-electron chi connectivity index (χ0n) is 89.4. The molecule has 4 aliphatic rings. The highest BCUT2D eigenvalue weighted by atomic mass is 35.5. The van der Waals surface area contributed by atoms with Crippen LogP contribution in [0.4, 0.5) is 0 Å². The average Bonchev–Trinajstić information content (AvgIpc) is 0.750. The van der Waals surface area contributed by atoms with Crippen LogP contribution in [0.15, 0.2) is 107 Å². The summed E-state index contributed by atoms with van der Waals surface area (Å²) >= 11 is 12.8. The number of ether oxygens (including phenoxy) is 26. The average molecular weight is 2190 g/mol. The molecule has 0 radical (unpaired) electrons. The van der Waals surface area contributed by atoms with Crippen LogP contribution in [0.2, 0.25) is 0 Å². The third-order valence-corrected chi connectivity index (χ3v) is 28.7. The molecule has 8 atom stereocenters. The van der Waals surface area contributed by atoms with E-state index in [1.54, 1.807) is 156 Å². The van der Waals surface area contributed by atoms with Crippen LogP contribution in [-0.2, 0) is 76.7 Å². The monoisotopic (exact) mass is 2180 g/mol. The molecule has 0 bridgehead atoms. The number of quaternary nitrogens is 4. The van der Waals surface area contributed by atoms with Gasteiger partial charge in [0.2, 0.25) is 34.5 Å². The van der Waals surface area contributed by atoms with Gasteiger partial charge in [0, 0.05) is 98.6 Å². The summed E-state index contributed by atoms with van der Waals surface area (Å²) < 4.78 is 151. The van der Waals surface area contributed by atoms with Gasteiger partial charge in [-0.15, -0.1) is 0 Å². The Hall–Kier alpha value is -11.7. The van der Waals surface area contributed by atoms with E-state index in [-0.39, 0.29) is 110 Å². The Morgan fingerprint density at radius 2 is 0.493 bits per heavy atom. The number of esters is 4. The minimum absolute atomic E-state index is 0. The fraction of sp³-hybridized carbons (Fsp3) is 0.481. The van der Waals surface area contributed by atoms with Crippen molar-refractivity contribution >= 4 is 47.1 Å². The van der Waals surface area contributed by atoms with Gasteiger partial charge in [-0.2, -0.15) is 0 Å². The lowest BCUT2D eigenvalue weighted by molar-refractivity contribution is -0.941. The van der Waals surface area contributed by atoms with Gasteiger partial charge in [0.15, 0.2) is 92.0 Å². The smallest absolute Gasteiger partial charge is 0.350 e. The lowest BCUT2D eigenvalue weighted by Gasteiger charge is -2.46. The number of likely N-dealkylation sites (N-methyl/N-ethyl adjacent to an activating group) is 4.